The van der Waals surface area contributed by atoms with Gasteiger partial charge in [0.05, 0.1) is 18.9 Å². The number of carbonyl (C=O) groups excluding carboxylic acids is 1. The number of carbonyl (C=O) groups is 1. The summed E-state index contributed by atoms with van der Waals surface area (Å²) in [6.07, 6.45) is 3.07. The molecule has 0 saturated heterocycles. The van der Waals surface area contributed by atoms with Crippen LogP contribution in [0, 0.1) is 0 Å². The second-order valence-corrected chi connectivity index (χ2v) is 4.38. The van der Waals surface area contributed by atoms with Crippen LogP contribution in [0.25, 0.3) is 22.6 Å². The van der Waals surface area contributed by atoms with E-state index in [4.69, 9.17) is 16.3 Å². The molecule has 20 heavy (non-hydrogen) atoms. The number of ether oxygens (including phenoxy) is 1. The fourth-order valence-electron chi connectivity index (χ4n) is 1.90. The van der Waals surface area contributed by atoms with E-state index in [0.29, 0.717) is 28.3 Å². The zero-order valence-corrected chi connectivity index (χ0v) is 11.2. The second kappa shape index (κ2) is 4.90. The first-order valence-electron chi connectivity index (χ1n) is 5.73. The summed E-state index contributed by atoms with van der Waals surface area (Å²) in [6.45, 7) is 0. The first-order valence-corrected chi connectivity index (χ1v) is 6.11. The van der Waals surface area contributed by atoms with Crippen molar-refractivity contribution in [1.82, 2.24) is 19.9 Å². The van der Waals surface area contributed by atoms with Crippen molar-refractivity contribution >= 4 is 28.0 Å². The number of hydrogen-bond donors (Lipinski definition) is 1. The van der Waals surface area contributed by atoms with Crippen LogP contribution >= 0.6 is 11.6 Å². The zero-order valence-electron chi connectivity index (χ0n) is 10.4. The number of methoxy groups -OCH3 is 1. The molecule has 0 aliphatic rings. The molecule has 100 valence electrons. The zero-order chi connectivity index (χ0) is 14.1. The van der Waals surface area contributed by atoms with Crippen LogP contribution in [0.2, 0.25) is 0 Å². The minimum Gasteiger partial charge on any atom is -0.496 e. The summed E-state index contributed by atoms with van der Waals surface area (Å²) in [4.78, 5) is 26.6. The fraction of sp³-hybridized carbons (Fsp3) is 0.0769. The molecule has 0 bridgehead atoms. The maximum Gasteiger partial charge on any atom is 0.252 e. The third-order valence-corrected chi connectivity index (χ3v) is 3.06. The molecule has 0 unspecified atom stereocenters. The Kier molecular flexibility index (Phi) is 3.08. The number of hydrogen-bond acceptors (Lipinski definition) is 5. The number of aromatic nitrogens is 4. The van der Waals surface area contributed by atoms with E-state index in [9.17, 15) is 4.79 Å². The first-order chi connectivity index (χ1) is 9.69. The predicted molar refractivity (Wildman–Crippen MR) is 73.9 cm³/mol. The summed E-state index contributed by atoms with van der Waals surface area (Å²) in [5.41, 5.74) is 2.37. The molecule has 0 atom stereocenters. The predicted octanol–water partition coefficient (Wildman–Crippen LogP) is 2.41. The Labute approximate surface area is 118 Å². The van der Waals surface area contributed by atoms with Crippen molar-refractivity contribution in [3.05, 3.63) is 36.3 Å². The SMILES string of the molecule is COc1cc(C(=O)Cl)ccc1-c1nc2ncncc2[nH]1. The summed E-state index contributed by atoms with van der Waals surface area (Å²) in [5, 5.41) is -0.537. The van der Waals surface area contributed by atoms with Gasteiger partial charge in [0.2, 0.25) is 0 Å². The molecule has 6 nitrogen and oxygen atoms in total. The van der Waals surface area contributed by atoms with Crippen molar-refractivity contribution in [2.45, 2.75) is 0 Å². The number of halogens is 1. The molecule has 1 N–H and O–H groups in total. The van der Waals surface area contributed by atoms with E-state index in [2.05, 4.69) is 19.9 Å². The molecule has 3 aromatic rings. The Morgan fingerprint density at radius 3 is 2.95 bits per heavy atom. The van der Waals surface area contributed by atoms with Gasteiger partial charge in [-0.15, -0.1) is 0 Å². The average molecular weight is 289 g/mol. The van der Waals surface area contributed by atoms with E-state index in [0.717, 1.165) is 5.52 Å². The topological polar surface area (TPSA) is 80.8 Å². The third-order valence-electron chi connectivity index (χ3n) is 2.85. The lowest BCUT2D eigenvalue weighted by Gasteiger charge is -2.07. The van der Waals surface area contributed by atoms with E-state index in [-0.39, 0.29) is 0 Å². The van der Waals surface area contributed by atoms with Crippen LogP contribution in [-0.2, 0) is 0 Å². The number of rotatable bonds is 3. The molecule has 2 aromatic heterocycles. The molecule has 2 heterocycles. The van der Waals surface area contributed by atoms with Crippen molar-refractivity contribution in [1.29, 1.82) is 0 Å². The number of fused-ring (bicyclic) bond motifs is 1. The molecule has 3 rings (SSSR count). The van der Waals surface area contributed by atoms with E-state index >= 15 is 0 Å². The van der Waals surface area contributed by atoms with Gasteiger partial charge in [0.15, 0.2) is 5.65 Å². The molecular formula is C13H9ClN4O2. The molecule has 0 aliphatic carbocycles. The van der Waals surface area contributed by atoms with Crippen molar-refractivity contribution in [3.63, 3.8) is 0 Å². The smallest absolute Gasteiger partial charge is 0.252 e. The lowest BCUT2D eigenvalue weighted by molar-refractivity contribution is 0.108. The highest BCUT2D eigenvalue weighted by Crippen LogP contribution is 2.30. The van der Waals surface area contributed by atoms with Gasteiger partial charge in [0, 0.05) is 5.56 Å². The maximum absolute atomic E-state index is 11.2. The van der Waals surface area contributed by atoms with Crippen molar-refractivity contribution in [3.8, 4) is 17.1 Å². The van der Waals surface area contributed by atoms with Crippen LogP contribution in [0.4, 0.5) is 0 Å². The van der Waals surface area contributed by atoms with Gasteiger partial charge in [0.1, 0.15) is 23.4 Å². The number of benzene rings is 1. The van der Waals surface area contributed by atoms with Gasteiger partial charge in [-0.2, -0.15) is 0 Å². The second-order valence-electron chi connectivity index (χ2n) is 4.03. The lowest BCUT2D eigenvalue weighted by Crippen LogP contribution is -1.94. The summed E-state index contributed by atoms with van der Waals surface area (Å²) in [5.74, 6) is 1.09. The van der Waals surface area contributed by atoms with Crippen LogP contribution in [0.15, 0.2) is 30.7 Å². The van der Waals surface area contributed by atoms with Crippen molar-refractivity contribution in [2.75, 3.05) is 7.11 Å². The molecular weight excluding hydrogens is 280 g/mol. The normalized spacial score (nSPS) is 10.7. The van der Waals surface area contributed by atoms with Gasteiger partial charge < -0.3 is 9.72 Å². The summed E-state index contributed by atoms with van der Waals surface area (Å²) < 4.78 is 5.28. The molecule has 1 aromatic carbocycles. The average Bonchev–Trinajstić information content (AvgIpc) is 2.90. The number of H-pyrrole nitrogens is 1. The van der Waals surface area contributed by atoms with Crippen molar-refractivity contribution < 1.29 is 9.53 Å². The largest absolute Gasteiger partial charge is 0.496 e. The molecule has 7 heteroatoms. The van der Waals surface area contributed by atoms with Gasteiger partial charge in [-0.1, -0.05) is 0 Å². The number of aromatic amines is 1. The highest BCUT2D eigenvalue weighted by atomic mass is 35.5. The summed E-state index contributed by atoms with van der Waals surface area (Å²) in [6, 6.07) is 4.91. The Morgan fingerprint density at radius 1 is 1.40 bits per heavy atom. The van der Waals surface area contributed by atoms with Crippen LogP contribution in [0.1, 0.15) is 10.4 Å². The highest BCUT2D eigenvalue weighted by molar-refractivity contribution is 6.67. The number of imidazole rings is 1. The van der Waals surface area contributed by atoms with Gasteiger partial charge >= 0.3 is 0 Å². The Morgan fingerprint density at radius 2 is 2.25 bits per heavy atom. The molecule has 0 saturated carbocycles. The fourth-order valence-corrected chi connectivity index (χ4v) is 2.02. The lowest BCUT2D eigenvalue weighted by atomic mass is 10.1. The molecule has 0 aliphatic heterocycles. The van der Waals surface area contributed by atoms with Crippen LogP contribution < -0.4 is 4.74 Å². The van der Waals surface area contributed by atoms with Gasteiger partial charge in [0.25, 0.3) is 5.24 Å². The molecule has 0 spiro atoms. The minimum atomic E-state index is -0.537. The Bertz CT molecular complexity index is 767. The number of nitrogens with one attached hydrogen (secondary N) is 1. The van der Waals surface area contributed by atoms with E-state index in [1.165, 1.54) is 13.4 Å². The number of nitrogens with zero attached hydrogens (tertiary/aromatic N) is 3. The van der Waals surface area contributed by atoms with Gasteiger partial charge in [-0.3, -0.25) is 4.79 Å². The van der Waals surface area contributed by atoms with Crippen molar-refractivity contribution in [2.24, 2.45) is 0 Å². The van der Waals surface area contributed by atoms with Gasteiger partial charge in [-0.05, 0) is 29.8 Å². The summed E-state index contributed by atoms with van der Waals surface area (Å²) in [7, 11) is 1.52. The van der Waals surface area contributed by atoms with Crippen LogP contribution in [-0.4, -0.2) is 32.3 Å². The van der Waals surface area contributed by atoms with E-state index in [1.807, 2.05) is 0 Å². The Hall–Kier alpha value is -2.47. The quantitative estimate of drug-likeness (QED) is 0.749. The standard InChI is InChI=1S/C13H9ClN4O2/c1-20-10-4-7(11(14)19)2-3-8(10)12-17-9-5-15-6-16-13(9)18-12/h2-6H,1H3,(H,15,16,17,18). The Balaban J connectivity index is 2.15. The van der Waals surface area contributed by atoms with E-state index in [1.54, 1.807) is 24.4 Å². The maximum atomic E-state index is 11.2. The first kappa shape index (κ1) is 12.6. The summed E-state index contributed by atoms with van der Waals surface area (Å²) >= 11 is 5.46. The van der Waals surface area contributed by atoms with E-state index < -0.39 is 5.24 Å². The molecule has 0 radical (unpaired) electrons. The molecule has 0 amide bonds. The van der Waals surface area contributed by atoms with Crippen LogP contribution in [0.5, 0.6) is 5.75 Å². The molecule has 0 fully saturated rings. The third kappa shape index (κ3) is 2.10. The van der Waals surface area contributed by atoms with Gasteiger partial charge in [-0.25, -0.2) is 15.0 Å². The monoisotopic (exact) mass is 288 g/mol. The highest BCUT2D eigenvalue weighted by Gasteiger charge is 2.13. The minimum absolute atomic E-state index is 0.364. The van der Waals surface area contributed by atoms with Crippen LogP contribution in [0.3, 0.4) is 0 Å².